The van der Waals surface area contributed by atoms with E-state index in [1.807, 2.05) is 18.2 Å². The van der Waals surface area contributed by atoms with Crippen LogP contribution in [0.1, 0.15) is 42.7 Å². The van der Waals surface area contributed by atoms with Crippen molar-refractivity contribution in [1.29, 1.82) is 0 Å². The van der Waals surface area contributed by atoms with Gasteiger partial charge >= 0.3 is 5.97 Å². The Hall–Kier alpha value is -3.33. The number of benzene rings is 2. The van der Waals surface area contributed by atoms with Gasteiger partial charge in [-0.2, -0.15) is 0 Å². The highest BCUT2D eigenvalue weighted by molar-refractivity contribution is 9.10. The maximum Gasteiger partial charge on any atom is 0.315 e. The molecule has 1 aliphatic heterocycles. The van der Waals surface area contributed by atoms with E-state index in [4.69, 9.17) is 28.7 Å². The van der Waals surface area contributed by atoms with Gasteiger partial charge in [0.25, 0.3) is 0 Å². The Kier molecular flexibility index (Phi) is 7.92. The molecule has 8 nitrogen and oxygen atoms in total. The van der Waals surface area contributed by atoms with Gasteiger partial charge in [0.05, 0.1) is 35.5 Å². The number of methoxy groups -OCH3 is 5. The summed E-state index contributed by atoms with van der Waals surface area (Å²) in [6.07, 6.45) is 0.821. The van der Waals surface area contributed by atoms with Crippen LogP contribution in [0.15, 0.2) is 51.1 Å². The zero-order valence-corrected chi connectivity index (χ0v) is 23.3. The lowest BCUT2D eigenvalue weighted by molar-refractivity contribution is -0.143. The van der Waals surface area contributed by atoms with Crippen molar-refractivity contribution in [2.45, 2.75) is 31.6 Å². The number of carbonyl (C=O) groups is 2. The summed E-state index contributed by atoms with van der Waals surface area (Å²) in [5.74, 6) is 0.323. The number of carbonyl (C=O) groups excluding carboxylic acids is 2. The van der Waals surface area contributed by atoms with Gasteiger partial charge in [-0.25, -0.2) is 0 Å². The summed E-state index contributed by atoms with van der Waals surface area (Å²) in [6.45, 7) is 1.80. The highest BCUT2D eigenvalue weighted by Gasteiger charge is 2.45. The Morgan fingerprint density at radius 2 is 1.51 bits per heavy atom. The minimum atomic E-state index is -0.750. The van der Waals surface area contributed by atoms with Crippen LogP contribution in [0.3, 0.4) is 0 Å². The Labute approximate surface area is 224 Å². The Morgan fingerprint density at radius 3 is 2.14 bits per heavy atom. The molecule has 2 aromatic rings. The Morgan fingerprint density at radius 1 is 0.892 bits per heavy atom. The normalized spacial score (nSPS) is 21.1. The van der Waals surface area contributed by atoms with E-state index in [2.05, 4.69) is 15.9 Å². The lowest BCUT2D eigenvalue weighted by atomic mass is 9.69. The highest BCUT2D eigenvalue weighted by atomic mass is 79.9. The summed E-state index contributed by atoms with van der Waals surface area (Å²) in [7, 11) is 7.61. The van der Waals surface area contributed by atoms with Crippen LogP contribution in [-0.4, -0.2) is 53.0 Å². The van der Waals surface area contributed by atoms with Gasteiger partial charge in [0.1, 0.15) is 5.92 Å². The highest BCUT2D eigenvalue weighted by Crippen LogP contribution is 2.50. The molecule has 0 aromatic heterocycles. The molecule has 9 heteroatoms. The fraction of sp³-hybridized carbons (Fsp3) is 0.393. The quantitative estimate of drug-likeness (QED) is 0.420. The molecule has 0 saturated carbocycles. The molecule has 1 unspecified atom stereocenters. The largest absolute Gasteiger partial charge is 0.493 e. The van der Waals surface area contributed by atoms with Crippen LogP contribution >= 0.6 is 15.9 Å². The van der Waals surface area contributed by atoms with Crippen molar-refractivity contribution in [2.24, 2.45) is 10.9 Å². The zero-order chi connectivity index (χ0) is 26.9. The topological polar surface area (TPSA) is 92.7 Å². The maximum absolute atomic E-state index is 13.8. The minimum Gasteiger partial charge on any atom is -0.493 e. The first kappa shape index (κ1) is 26.7. The molecule has 0 spiro atoms. The number of halogens is 1. The van der Waals surface area contributed by atoms with Crippen LogP contribution in [-0.2, 0) is 14.3 Å². The standard InChI is InChI=1S/C28H30BrNO7/c1-14-25(28(32)37-6)26(17-12-23(35-4)24(36-5)13-18(17)29)27-19(30-14)9-16(10-20(27)31)15-7-8-21(33-2)22(11-15)34-3/h7-8,11-13,16,25-26H,9-10H2,1-6H3/t16-,25?,26+/m0/s1. The molecule has 0 saturated heterocycles. The average Bonchev–Trinajstić information content (AvgIpc) is 2.91. The van der Waals surface area contributed by atoms with Crippen molar-refractivity contribution in [3.63, 3.8) is 0 Å². The molecule has 1 aliphatic carbocycles. The van der Waals surface area contributed by atoms with E-state index >= 15 is 0 Å². The van der Waals surface area contributed by atoms with Crippen molar-refractivity contribution in [2.75, 3.05) is 35.5 Å². The van der Waals surface area contributed by atoms with Crippen molar-refractivity contribution in [3.8, 4) is 23.0 Å². The number of hydrogen-bond donors (Lipinski definition) is 0. The van der Waals surface area contributed by atoms with Gasteiger partial charge in [-0.1, -0.05) is 22.0 Å². The number of hydrogen-bond acceptors (Lipinski definition) is 8. The second-order valence-corrected chi connectivity index (χ2v) is 9.82. The van der Waals surface area contributed by atoms with E-state index in [0.717, 1.165) is 11.1 Å². The third-order valence-corrected chi connectivity index (χ3v) is 7.75. The lowest BCUT2D eigenvalue weighted by Crippen LogP contribution is -2.38. The second-order valence-electron chi connectivity index (χ2n) is 8.96. The molecule has 4 rings (SSSR count). The lowest BCUT2D eigenvalue weighted by Gasteiger charge is -2.37. The van der Waals surface area contributed by atoms with Crippen molar-refractivity contribution in [1.82, 2.24) is 0 Å². The number of rotatable bonds is 7. The third kappa shape index (κ3) is 4.84. The first-order chi connectivity index (χ1) is 17.8. The molecule has 0 radical (unpaired) electrons. The molecular formula is C28H30BrNO7. The predicted octanol–water partition coefficient (Wildman–Crippen LogP) is 5.23. The summed E-state index contributed by atoms with van der Waals surface area (Å²) >= 11 is 3.63. The van der Waals surface area contributed by atoms with Gasteiger partial charge in [-0.15, -0.1) is 0 Å². The van der Waals surface area contributed by atoms with Crippen LogP contribution in [0.4, 0.5) is 0 Å². The summed E-state index contributed by atoms with van der Waals surface area (Å²) in [6, 6.07) is 9.28. The average molecular weight is 572 g/mol. The first-order valence-electron chi connectivity index (χ1n) is 11.8. The van der Waals surface area contributed by atoms with Crippen LogP contribution in [0.25, 0.3) is 0 Å². The predicted molar refractivity (Wildman–Crippen MR) is 142 cm³/mol. The summed E-state index contributed by atoms with van der Waals surface area (Å²) in [4.78, 5) is 31.6. The van der Waals surface area contributed by atoms with E-state index in [1.165, 1.54) is 7.11 Å². The van der Waals surface area contributed by atoms with Gasteiger partial charge in [0, 0.05) is 33.8 Å². The van der Waals surface area contributed by atoms with Gasteiger partial charge in [0.2, 0.25) is 0 Å². The molecule has 196 valence electrons. The molecule has 0 N–H and O–H groups in total. The van der Waals surface area contributed by atoms with Crippen molar-refractivity contribution < 1.29 is 33.3 Å². The van der Waals surface area contributed by atoms with Gasteiger partial charge in [0.15, 0.2) is 28.8 Å². The van der Waals surface area contributed by atoms with E-state index in [1.54, 1.807) is 47.5 Å². The molecule has 1 heterocycles. The number of ether oxygens (including phenoxy) is 5. The monoisotopic (exact) mass is 571 g/mol. The maximum atomic E-state index is 13.8. The second kappa shape index (κ2) is 11.0. The third-order valence-electron chi connectivity index (χ3n) is 7.06. The SMILES string of the molecule is COC(=O)C1C(C)=NC2=C(C(=O)C[C@@H](c3ccc(OC)c(OC)c3)C2)[C@@H]1c1cc(OC)c(OC)cc1Br. The molecule has 0 amide bonds. The van der Waals surface area contributed by atoms with Crippen molar-refractivity contribution in [3.05, 3.63) is 57.2 Å². The summed E-state index contributed by atoms with van der Waals surface area (Å²) in [5.41, 5.74) is 3.50. The van der Waals surface area contributed by atoms with Crippen LogP contribution in [0.5, 0.6) is 23.0 Å². The number of allylic oxidation sites excluding steroid dienone is 2. The minimum absolute atomic E-state index is 0.0575. The molecule has 37 heavy (non-hydrogen) atoms. The number of nitrogens with zero attached hydrogens (tertiary/aromatic N) is 1. The molecule has 2 aromatic carbocycles. The first-order valence-corrected chi connectivity index (χ1v) is 12.6. The number of Topliss-reactive ketones (excluding diaryl/α,β-unsaturated/α-hetero) is 1. The molecule has 0 fully saturated rings. The Balaban J connectivity index is 1.84. The summed E-state index contributed by atoms with van der Waals surface area (Å²) < 4.78 is 27.7. The van der Waals surface area contributed by atoms with Crippen LogP contribution in [0, 0.1) is 5.92 Å². The van der Waals surface area contributed by atoms with Gasteiger partial charge in [-0.05, 0) is 54.7 Å². The van der Waals surface area contributed by atoms with E-state index in [0.29, 0.717) is 50.9 Å². The number of esters is 1. The molecule has 3 atom stereocenters. The summed E-state index contributed by atoms with van der Waals surface area (Å²) in [5, 5.41) is 0. The fourth-order valence-electron chi connectivity index (χ4n) is 5.28. The van der Waals surface area contributed by atoms with Gasteiger partial charge in [-0.3, -0.25) is 14.6 Å². The zero-order valence-electron chi connectivity index (χ0n) is 21.7. The fourth-order valence-corrected chi connectivity index (χ4v) is 5.85. The number of ketones is 1. The smallest absolute Gasteiger partial charge is 0.315 e. The molecule has 0 bridgehead atoms. The molecular weight excluding hydrogens is 542 g/mol. The van der Waals surface area contributed by atoms with E-state index in [9.17, 15) is 9.59 Å². The van der Waals surface area contributed by atoms with Crippen LogP contribution in [0.2, 0.25) is 0 Å². The number of aliphatic imine (C=N–C) groups is 1. The van der Waals surface area contributed by atoms with E-state index < -0.39 is 17.8 Å². The van der Waals surface area contributed by atoms with Gasteiger partial charge < -0.3 is 23.7 Å². The Bertz CT molecular complexity index is 1300. The van der Waals surface area contributed by atoms with Crippen LogP contribution < -0.4 is 18.9 Å². The van der Waals surface area contributed by atoms with E-state index in [-0.39, 0.29) is 18.1 Å². The van der Waals surface area contributed by atoms with Crippen molar-refractivity contribution >= 4 is 33.4 Å². The molecule has 2 aliphatic rings.